The molecule has 0 atom stereocenters. The Morgan fingerprint density at radius 1 is 1.17 bits per heavy atom. The van der Waals surface area contributed by atoms with Crippen LogP contribution in [0.1, 0.15) is 16.7 Å². The number of benzene rings is 2. The number of anilines is 1. The molecule has 0 saturated heterocycles. The lowest BCUT2D eigenvalue weighted by molar-refractivity contribution is 0.465. The van der Waals surface area contributed by atoms with Gasteiger partial charge in [0.15, 0.2) is 0 Å². The lowest BCUT2D eigenvalue weighted by Gasteiger charge is -2.10. The first-order valence-corrected chi connectivity index (χ1v) is 6.64. The van der Waals surface area contributed by atoms with Gasteiger partial charge in [0.1, 0.15) is 5.75 Å². The minimum absolute atomic E-state index is 0.372. The normalized spacial score (nSPS) is 10.4. The molecule has 0 saturated carbocycles. The number of hydrogen-bond acceptors (Lipinski definition) is 2. The van der Waals surface area contributed by atoms with Crippen molar-refractivity contribution in [1.82, 2.24) is 0 Å². The first-order valence-electron chi connectivity index (χ1n) is 5.85. The molecule has 0 amide bonds. The van der Waals surface area contributed by atoms with Gasteiger partial charge >= 0.3 is 0 Å². The van der Waals surface area contributed by atoms with Gasteiger partial charge in [-0.3, -0.25) is 0 Å². The molecule has 0 heterocycles. The summed E-state index contributed by atoms with van der Waals surface area (Å²) in [6.07, 6.45) is 0. The van der Waals surface area contributed by atoms with E-state index in [9.17, 15) is 5.11 Å². The third-order valence-corrected chi connectivity index (χ3v) is 3.30. The number of nitrogens with one attached hydrogen (secondary N) is 1. The predicted octanol–water partition coefficient (Wildman–Crippen LogP) is 4.38. The Hall–Kier alpha value is -1.48. The molecule has 3 heteroatoms. The second-order valence-electron chi connectivity index (χ2n) is 4.45. The first kappa shape index (κ1) is 13.0. The van der Waals surface area contributed by atoms with Crippen LogP contribution in [0.15, 0.2) is 40.9 Å². The van der Waals surface area contributed by atoms with Gasteiger partial charge in [-0.25, -0.2) is 0 Å². The van der Waals surface area contributed by atoms with Gasteiger partial charge in [0.25, 0.3) is 0 Å². The van der Waals surface area contributed by atoms with Crippen LogP contribution in [-0.2, 0) is 6.54 Å². The van der Waals surface area contributed by atoms with Crippen LogP contribution in [0.3, 0.4) is 0 Å². The molecule has 94 valence electrons. The summed E-state index contributed by atoms with van der Waals surface area (Å²) in [4.78, 5) is 0. The summed E-state index contributed by atoms with van der Waals surface area (Å²) in [5, 5.41) is 13.3. The van der Waals surface area contributed by atoms with Crippen LogP contribution >= 0.6 is 15.9 Å². The zero-order valence-corrected chi connectivity index (χ0v) is 12.1. The molecular formula is C15H16BrNO. The molecule has 0 bridgehead atoms. The number of hydrogen-bond donors (Lipinski definition) is 2. The predicted molar refractivity (Wildman–Crippen MR) is 79.0 cm³/mol. The molecule has 0 aliphatic carbocycles. The van der Waals surface area contributed by atoms with Crippen LogP contribution < -0.4 is 5.32 Å². The third kappa shape index (κ3) is 3.05. The Kier molecular flexibility index (Phi) is 3.92. The smallest absolute Gasteiger partial charge is 0.123 e. The molecule has 0 aliphatic rings. The fourth-order valence-electron chi connectivity index (χ4n) is 1.90. The van der Waals surface area contributed by atoms with E-state index in [0.29, 0.717) is 12.3 Å². The molecule has 2 N–H and O–H groups in total. The van der Waals surface area contributed by atoms with Gasteiger partial charge in [0.05, 0.1) is 0 Å². The molecular weight excluding hydrogens is 290 g/mol. The molecule has 0 aromatic heterocycles. The van der Waals surface area contributed by atoms with E-state index in [1.165, 1.54) is 5.56 Å². The van der Waals surface area contributed by atoms with Gasteiger partial charge in [-0.1, -0.05) is 34.1 Å². The zero-order chi connectivity index (χ0) is 13.1. The summed E-state index contributed by atoms with van der Waals surface area (Å²) in [7, 11) is 0. The van der Waals surface area contributed by atoms with Crippen LogP contribution in [-0.4, -0.2) is 5.11 Å². The average Bonchev–Trinajstić information content (AvgIpc) is 2.30. The van der Waals surface area contributed by atoms with Gasteiger partial charge in [-0.05, 0) is 43.2 Å². The highest BCUT2D eigenvalue weighted by atomic mass is 79.9. The highest BCUT2D eigenvalue weighted by Gasteiger charge is 2.03. The average molecular weight is 306 g/mol. The lowest BCUT2D eigenvalue weighted by atomic mass is 10.1. The molecule has 2 aromatic rings. The minimum atomic E-state index is 0.372. The number of rotatable bonds is 3. The number of para-hydroxylation sites is 1. The minimum Gasteiger partial charge on any atom is -0.507 e. The van der Waals surface area contributed by atoms with E-state index in [4.69, 9.17) is 0 Å². The molecule has 2 aromatic carbocycles. The zero-order valence-electron chi connectivity index (χ0n) is 10.5. The summed E-state index contributed by atoms with van der Waals surface area (Å²) in [5.41, 5.74) is 4.05. The standard InChI is InChI=1S/C15H16BrNO/c1-10-6-13(16)8-14(7-10)17-9-12-5-3-4-11(2)15(12)18/h3-8,17-18H,9H2,1-2H3. The molecule has 2 rings (SSSR count). The molecule has 0 spiro atoms. The SMILES string of the molecule is Cc1cc(Br)cc(NCc2cccc(C)c2O)c1. The van der Waals surface area contributed by atoms with Gasteiger partial charge in [0.2, 0.25) is 0 Å². The van der Waals surface area contributed by atoms with E-state index in [1.807, 2.05) is 31.2 Å². The van der Waals surface area contributed by atoms with E-state index in [1.54, 1.807) is 0 Å². The quantitative estimate of drug-likeness (QED) is 0.882. The van der Waals surface area contributed by atoms with E-state index in [2.05, 4.69) is 40.3 Å². The van der Waals surface area contributed by atoms with Gasteiger partial charge < -0.3 is 10.4 Å². The van der Waals surface area contributed by atoms with Crippen LogP contribution in [0, 0.1) is 13.8 Å². The van der Waals surface area contributed by atoms with Crippen molar-refractivity contribution in [2.45, 2.75) is 20.4 Å². The van der Waals surface area contributed by atoms with Crippen molar-refractivity contribution in [2.75, 3.05) is 5.32 Å². The van der Waals surface area contributed by atoms with E-state index in [0.717, 1.165) is 21.3 Å². The summed E-state index contributed by atoms with van der Waals surface area (Å²) in [6, 6.07) is 12.0. The summed E-state index contributed by atoms with van der Waals surface area (Å²) >= 11 is 3.48. The van der Waals surface area contributed by atoms with Gasteiger partial charge in [-0.2, -0.15) is 0 Å². The Morgan fingerprint density at radius 3 is 2.67 bits per heavy atom. The maximum Gasteiger partial charge on any atom is 0.123 e. The highest BCUT2D eigenvalue weighted by molar-refractivity contribution is 9.10. The number of halogens is 1. The van der Waals surface area contributed by atoms with Crippen LogP contribution in [0.4, 0.5) is 5.69 Å². The third-order valence-electron chi connectivity index (χ3n) is 2.85. The maximum atomic E-state index is 9.94. The summed E-state index contributed by atoms with van der Waals surface area (Å²) in [6.45, 7) is 4.57. The fourth-order valence-corrected chi connectivity index (χ4v) is 2.51. The van der Waals surface area contributed by atoms with Crippen molar-refractivity contribution in [3.8, 4) is 5.75 Å². The summed E-state index contributed by atoms with van der Waals surface area (Å²) < 4.78 is 1.05. The number of aryl methyl sites for hydroxylation is 2. The summed E-state index contributed by atoms with van der Waals surface area (Å²) in [5.74, 6) is 0.372. The van der Waals surface area contributed by atoms with Gasteiger partial charge in [0, 0.05) is 22.3 Å². The fraction of sp³-hybridized carbons (Fsp3) is 0.200. The number of aromatic hydroxyl groups is 1. The lowest BCUT2D eigenvalue weighted by Crippen LogP contribution is -2.00. The Bertz CT molecular complexity index is 546. The van der Waals surface area contributed by atoms with Crippen molar-refractivity contribution >= 4 is 21.6 Å². The Balaban J connectivity index is 2.14. The number of phenols is 1. The van der Waals surface area contributed by atoms with Gasteiger partial charge in [-0.15, -0.1) is 0 Å². The molecule has 0 unspecified atom stereocenters. The van der Waals surface area contributed by atoms with Crippen LogP contribution in [0.25, 0.3) is 0 Å². The second kappa shape index (κ2) is 5.44. The van der Waals surface area contributed by atoms with Crippen molar-refractivity contribution in [3.05, 3.63) is 57.6 Å². The Labute approximate surface area is 116 Å². The van der Waals surface area contributed by atoms with Crippen molar-refractivity contribution in [1.29, 1.82) is 0 Å². The van der Waals surface area contributed by atoms with Crippen LogP contribution in [0.2, 0.25) is 0 Å². The van der Waals surface area contributed by atoms with Crippen LogP contribution in [0.5, 0.6) is 5.75 Å². The first-order chi connectivity index (χ1) is 8.56. The van der Waals surface area contributed by atoms with E-state index < -0.39 is 0 Å². The Morgan fingerprint density at radius 2 is 1.94 bits per heavy atom. The molecule has 0 aliphatic heterocycles. The van der Waals surface area contributed by atoms with Crippen molar-refractivity contribution in [2.24, 2.45) is 0 Å². The molecule has 2 nitrogen and oxygen atoms in total. The van der Waals surface area contributed by atoms with Crippen molar-refractivity contribution < 1.29 is 5.11 Å². The van der Waals surface area contributed by atoms with E-state index in [-0.39, 0.29) is 0 Å². The molecule has 0 radical (unpaired) electrons. The second-order valence-corrected chi connectivity index (χ2v) is 5.37. The largest absolute Gasteiger partial charge is 0.507 e. The maximum absolute atomic E-state index is 9.94. The molecule has 0 fully saturated rings. The van der Waals surface area contributed by atoms with Crippen molar-refractivity contribution in [3.63, 3.8) is 0 Å². The molecule has 18 heavy (non-hydrogen) atoms. The van der Waals surface area contributed by atoms with E-state index >= 15 is 0 Å². The monoisotopic (exact) mass is 305 g/mol. The number of phenolic OH excluding ortho intramolecular Hbond substituents is 1. The topological polar surface area (TPSA) is 32.3 Å². The highest BCUT2D eigenvalue weighted by Crippen LogP contribution is 2.24.